The predicted molar refractivity (Wildman–Crippen MR) is 64.2 cm³/mol. The van der Waals surface area contributed by atoms with E-state index in [0.717, 1.165) is 11.2 Å². The fourth-order valence-corrected chi connectivity index (χ4v) is 0.898. The van der Waals surface area contributed by atoms with E-state index in [1.54, 1.807) is 0 Å². The summed E-state index contributed by atoms with van der Waals surface area (Å²) in [7, 11) is 1.43. The van der Waals surface area contributed by atoms with Crippen molar-refractivity contribution in [3.8, 4) is 0 Å². The van der Waals surface area contributed by atoms with Crippen molar-refractivity contribution < 1.29 is 25.5 Å². The Morgan fingerprint density at radius 1 is 1.35 bits per heavy atom. The van der Waals surface area contributed by atoms with Crippen molar-refractivity contribution in [2.24, 2.45) is 10.8 Å². The van der Waals surface area contributed by atoms with Crippen LogP contribution in [-0.4, -0.2) is 79.9 Å². The number of aliphatic hydroxyl groups is 5. The van der Waals surface area contributed by atoms with Gasteiger partial charge in [-0.25, -0.2) is 5.01 Å². The van der Waals surface area contributed by atoms with Crippen LogP contribution < -0.4 is 5.73 Å². The monoisotopic (exact) mass is 267 g/mol. The summed E-state index contributed by atoms with van der Waals surface area (Å²) in [5.41, 5.74) is 5.20. The van der Waals surface area contributed by atoms with E-state index in [9.17, 15) is 15.3 Å². The van der Waals surface area contributed by atoms with Crippen LogP contribution in [0.1, 0.15) is 0 Å². The average molecular weight is 267 g/mol. The maximum Gasteiger partial charge on any atom is 0.186 e. The fraction of sp³-hybridized carbons (Fsp3) is 0.750. The Hall–Kier alpha value is -0.840. The van der Waals surface area contributed by atoms with Crippen molar-refractivity contribution in [2.75, 3.05) is 13.7 Å². The molecule has 0 aromatic carbocycles. The molecule has 0 aromatic rings. The summed E-state index contributed by atoms with van der Waals surface area (Å²) in [6, 6.07) is 0. The molecule has 17 heavy (non-hydrogen) atoms. The second-order valence-corrected chi connectivity index (χ2v) is 3.77. The summed E-state index contributed by atoms with van der Waals surface area (Å²) in [6.07, 6.45) is -5.58. The van der Waals surface area contributed by atoms with Crippen molar-refractivity contribution in [3.05, 3.63) is 0 Å². The van der Waals surface area contributed by atoms with E-state index >= 15 is 0 Å². The molecular weight excluding hydrogens is 250 g/mol. The third-order valence-corrected chi connectivity index (χ3v) is 2.26. The Kier molecular flexibility index (Phi) is 7.11. The molecule has 0 heterocycles. The Labute approximate surface area is 104 Å². The molecule has 0 radical (unpaired) electrons. The van der Waals surface area contributed by atoms with Crippen LogP contribution in [0.2, 0.25) is 0 Å². The van der Waals surface area contributed by atoms with Crippen LogP contribution in [0.3, 0.4) is 0 Å². The van der Waals surface area contributed by atoms with Gasteiger partial charge in [-0.1, -0.05) is 0 Å². The van der Waals surface area contributed by atoms with E-state index < -0.39 is 31.0 Å². The quantitative estimate of drug-likeness (QED) is 0.166. The normalized spacial score (nSPS) is 18.7. The van der Waals surface area contributed by atoms with Crippen molar-refractivity contribution in [1.29, 1.82) is 0 Å². The Morgan fingerprint density at radius 3 is 2.29 bits per heavy atom. The Bertz CT molecular complexity index is 278. The lowest BCUT2D eigenvalue weighted by atomic mass is 10.0. The molecule has 0 unspecified atom stereocenters. The van der Waals surface area contributed by atoms with Gasteiger partial charge in [-0.05, 0) is 12.2 Å². The highest BCUT2D eigenvalue weighted by atomic mass is 32.1. The molecule has 7 N–H and O–H groups in total. The molecule has 0 aliphatic carbocycles. The van der Waals surface area contributed by atoms with Crippen molar-refractivity contribution in [3.63, 3.8) is 0 Å². The first kappa shape index (κ1) is 16.2. The minimum absolute atomic E-state index is 0.0427. The maximum absolute atomic E-state index is 9.40. The zero-order valence-corrected chi connectivity index (χ0v) is 10.0. The highest BCUT2D eigenvalue weighted by molar-refractivity contribution is 7.80. The largest absolute Gasteiger partial charge is 0.394 e. The van der Waals surface area contributed by atoms with Gasteiger partial charge in [0.1, 0.15) is 24.4 Å². The van der Waals surface area contributed by atoms with Gasteiger partial charge in [-0.2, -0.15) is 5.10 Å². The van der Waals surface area contributed by atoms with E-state index in [4.69, 9.17) is 15.9 Å². The van der Waals surface area contributed by atoms with Gasteiger partial charge in [0.2, 0.25) is 0 Å². The Morgan fingerprint density at radius 2 is 1.88 bits per heavy atom. The maximum atomic E-state index is 9.40. The molecule has 0 rings (SSSR count). The van der Waals surface area contributed by atoms with Crippen LogP contribution in [0.5, 0.6) is 0 Å². The minimum Gasteiger partial charge on any atom is -0.394 e. The summed E-state index contributed by atoms with van der Waals surface area (Å²) in [4.78, 5) is 0. The molecule has 4 atom stereocenters. The topological polar surface area (TPSA) is 143 Å². The lowest BCUT2D eigenvalue weighted by molar-refractivity contribution is -0.100. The third-order valence-electron chi connectivity index (χ3n) is 1.99. The Balaban J connectivity index is 4.40. The molecule has 0 saturated carbocycles. The summed E-state index contributed by atoms with van der Waals surface area (Å²) in [5, 5.41) is 50.3. The van der Waals surface area contributed by atoms with Crippen LogP contribution in [0.25, 0.3) is 0 Å². The number of rotatable bonds is 6. The number of thiocarbonyl (C=S) groups is 1. The summed E-state index contributed by atoms with van der Waals surface area (Å²) < 4.78 is 0. The molecular formula is C8H17N3O5S. The third kappa shape index (κ3) is 5.35. The highest BCUT2D eigenvalue weighted by Crippen LogP contribution is 2.04. The standard InChI is InChI=1S/C8H17N3O5S/c1-11(8(9)17)10-2-4(13)6(15)7(16)5(14)3-12/h2,4-7,12-16H,3H2,1H3,(H2,9,17)/b10-2-/t4-,5+,6+,7-/m0/s1. The zero-order chi connectivity index (χ0) is 13.6. The van der Waals surface area contributed by atoms with Crippen LogP contribution in [0, 0.1) is 0 Å². The summed E-state index contributed by atoms with van der Waals surface area (Å²) in [5.74, 6) is 0. The van der Waals surface area contributed by atoms with E-state index in [2.05, 4.69) is 17.3 Å². The second kappa shape index (κ2) is 7.48. The molecule has 9 heteroatoms. The van der Waals surface area contributed by atoms with Gasteiger partial charge in [-0.15, -0.1) is 0 Å². The first-order valence-corrected chi connectivity index (χ1v) is 5.12. The number of hydrogen-bond donors (Lipinski definition) is 6. The van der Waals surface area contributed by atoms with Gasteiger partial charge in [0.15, 0.2) is 5.11 Å². The summed E-state index contributed by atoms with van der Waals surface area (Å²) >= 11 is 4.57. The number of hydrogen-bond acceptors (Lipinski definition) is 7. The van der Waals surface area contributed by atoms with Gasteiger partial charge in [0.25, 0.3) is 0 Å². The molecule has 8 nitrogen and oxygen atoms in total. The molecule has 0 fully saturated rings. The molecule has 0 aliphatic heterocycles. The highest BCUT2D eigenvalue weighted by Gasteiger charge is 2.29. The number of aliphatic hydroxyl groups excluding tert-OH is 5. The van der Waals surface area contributed by atoms with Gasteiger partial charge >= 0.3 is 0 Å². The zero-order valence-electron chi connectivity index (χ0n) is 9.21. The van der Waals surface area contributed by atoms with Crippen molar-refractivity contribution in [2.45, 2.75) is 24.4 Å². The fourth-order valence-electron chi connectivity index (χ4n) is 0.851. The van der Waals surface area contributed by atoms with Crippen LogP contribution in [-0.2, 0) is 0 Å². The van der Waals surface area contributed by atoms with Gasteiger partial charge in [0, 0.05) is 7.05 Å². The molecule has 100 valence electrons. The van der Waals surface area contributed by atoms with Crippen LogP contribution in [0.15, 0.2) is 5.10 Å². The number of nitrogens with two attached hydrogens (primary N) is 1. The first-order valence-electron chi connectivity index (χ1n) is 4.71. The van der Waals surface area contributed by atoms with E-state index in [-0.39, 0.29) is 5.11 Å². The van der Waals surface area contributed by atoms with Crippen molar-refractivity contribution >= 4 is 23.5 Å². The van der Waals surface area contributed by atoms with E-state index in [1.165, 1.54) is 7.05 Å². The molecule has 0 amide bonds. The smallest absolute Gasteiger partial charge is 0.186 e. The lowest BCUT2D eigenvalue weighted by Crippen LogP contribution is -2.46. The van der Waals surface area contributed by atoms with E-state index in [1.807, 2.05) is 0 Å². The lowest BCUT2D eigenvalue weighted by Gasteiger charge is -2.23. The second-order valence-electron chi connectivity index (χ2n) is 3.35. The van der Waals surface area contributed by atoms with Crippen LogP contribution in [0.4, 0.5) is 0 Å². The predicted octanol–water partition coefficient (Wildman–Crippen LogP) is -3.42. The van der Waals surface area contributed by atoms with Gasteiger partial charge in [0.05, 0.1) is 12.8 Å². The van der Waals surface area contributed by atoms with Crippen LogP contribution >= 0.6 is 12.2 Å². The van der Waals surface area contributed by atoms with E-state index in [0.29, 0.717) is 0 Å². The van der Waals surface area contributed by atoms with Gasteiger partial charge < -0.3 is 31.3 Å². The molecule has 0 spiro atoms. The van der Waals surface area contributed by atoms with Gasteiger partial charge in [-0.3, -0.25) is 0 Å². The number of nitrogens with zero attached hydrogens (tertiary/aromatic N) is 2. The summed E-state index contributed by atoms with van der Waals surface area (Å²) in [6.45, 7) is -0.741. The first-order chi connectivity index (χ1) is 7.81. The number of hydrazone groups is 1. The SMILES string of the molecule is CN(/N=C\[C@H](O)[C@@H](O)[C@@H](O)[C@H](O)CO)C(N)=S. The molecule has 0 bridgehead atoms. The minimum atomic E-state index is -1.70. The molecule has 0 saturated heterocycles. The molecule has 0 aliphatic rings. The van der Waals surface area contributed by atoms with Crippen molar-refractivity contribution in [1.82, 2.24) is 5.01 Å². The molecule has 0 aromatic heterocycles. The average Bonchev–Trinajstić information content (AvgIpc) is 2.32.